The monoisotopic (exact) mass is 313 g/mol. The lowest BCUT2D eigenvalue weighted by Gasteiger charge is -2.26. The highest BCUT2D eigenvalue weighted by Gasteiger charge is 2.50. The van der Waals surface area contributed by atoms with Gasteiger partial charge in [-0.05, 0) is 39.8 Å². The number of hydrogen-bond acceptors (Lipinski definition) is 4. The van der Waals surface area contributed by atoms with Gasteiger partial charge >= 0.3 is 0 Å². The molecule has 1 saturated heterocycles. The van der Waals surface area contributed by atoms with Crippen LogP contribution in [0.25, 0.3) is 20.2 Å². The van der Waals surface area contributed by atoms with Crippen LogP contribution in [0.15, 0.2) is 42.5 Å². The summed E-state index contributed by atoms with van der Waals surface area (Å²) in [5.41, 5.74) is 0.204. The molecule has 0 spiro atoms. The minimum Gasteiger partial charge on any atom is -0.239 e. The molecule has 4 rings (SSSR count). The van der Waals surface area contributed by atoms with E-state index in [1.807, 2.05) is 0 Å². The Morgan fingerprint density at radius 2 is 1.45 bits per heavy atom. The third kappa shape index (κ3) is 1.88. The number of anilines is 1. The Labute approximate surface area is 134 Å². The average molecular weight is 313 g/mol. The lowest BCUT2D eigenvalue weighted by molar-refractivity contribution is -0.0265. The Hall–Kier alpha value is -1.62. The molecule has 0 bridgehead atoms. The van der Waals surface area contributed by atoms with Gasteiger partial charge in [-0.3, -0.25) is 0 Å². The number of fused-ring (bicyclic) bond motifs is 3. The quantitative estimate of drug-likeness (QED) is 0.609. The van der Waals surface area contributed by atoms with E-state index < -0.39 is 0 Å². The highest BCUT2D eigenvalue weighted by molar-refractivity contribution is 7.26. The number of nitrogens with zero attached hydrogens (tertiary/aromatic N) is 1. The van der Waals surface area contributed by atoms with Gasteiger partial charge < -0.3 is 0 Å². The first-order chi connectivity index (χ1) is 10.4. The molecule has 2 aromatic carbocycles. The van der Waals surface area contributed by atoms with E-state index in [1.165, 1.54) is 20.2 Å². The normalized spacial score (nSPS) is 20.1. The van der Waals surface area contributed by atoms with Gasteiger partial charge in [0.1, 0.15) is 16.9 Å². The fourth-order valence-corrected chi connectivity index (χ4v) is 3.82. The van der Waals surface area contributed by atoms with E-state index in [2.05, 4.69) is 70.2 Å². The SMILES string of the molecule is CC1(C)ON(c2cccc3c2sc2ccccc23)OC1(C)C. The van der Waals surface area contributed by atoms with Crippen molar-refractivity contribution in [3.05, 3.63) is 42.5 Å². The van der Waals surface area contributed by atoms with E-state index in [1.54, 1.807) is 16.6 Å². The number of rotatable bonds is 1. The van der Waals surface area contributed by atoms with Gasteiger partial charge in [0.05, 0.1) is 4.70 Å². The fraction of sp³-hybridized carbons (Fsp3) is 0.333. The molecule has 1 aliphatic heterocycles. The Bertz CT molecular complexity index is 850. The van der Waals surface area contributed by atoms with Crippen LogP contribution in [0.2, 0.25) is 0 Å². The maximum absolute atomic E-state index is 6.07. The zero-order valence-electron chi connectivity index (χ0n) is 13.2. The zero-order chi connectivity index (χ0) is 15.5. The topological polar surface area (TPSA) is 21.7 Å². The Morgan fingerprint density at radius 3 is 2.18 bits per heavy atom. The zero-order valence-corrected chi connectivity index (χ0v) is 14.0. The molecule has 0 aliphatic carbocycles. The molecule has 3 aromatic rings. The summed E-state index contributed by atoms with van der Waals surface area (Å²) in [6.07, 6.45) is 0. The fourth-order valence-electron chi connectivity index (χ4n) is 2.63. The smallest absolute Gasteiger partial charge is 0.124 e. The molecule has 1 fully saturated rings. The van der Waals surface area contributed by atoms with Crippen molar-refractivity contribution in [3.8, 4) is 0 Å². The van der Waals surface area contributed by atoms with Crippen LogP contribution in [0.4, 0.5) is 5.69 Å². The van der Waals surface area contributed by atoms with Crippen LogP contribution in [-0.2, 0) is 9.68 Å². The molecule has 0 radical (unpaired) electrons. The molecule has 0 N–H and O–H groups in total. The third-order valence-electron chi connectivity index (χ3n) is 4.65. The summed E-state index contributed by atoms with van der Waals surface area (Å²) in [6, 6.07) is 14.7. The summed E-state index contributed by atoms with van der Waals surface area (Å²) in [7, 11) is 0. The molecule has 0 saturated carbocycles. The summed E-state index contributed by atoms with van der Waals surface area (Å²) in [4.78, 5) is 12.1. The molecule has 0 atom stereocenters. The number of benzene rings is 2. The second-order valence-electron chi connectivity index (χ2n) is 6.71. The molecule has 1 aliphatic rings. The molecule has 0 amide bonds. The Morgan fingerprint density at radius 1 is 0.818 bits per heavy atom. The maximum Gasteiger partial charge on any atom is 0.124 e. The summed E-state index contributed by atoms with van der Waals surface area (Å²) in [5, 5.41) is 4.12. The van der Waals surface area contributed by atoms with Gasteiger partial charge in [-0.15, -0.1) is 16.6 Å². The van der Waals surface area contributed by atoms with Crippen LogP contribution in [-0.4, -0.2) is 11.2 Å². The van der Waals surface area contributed by atoms with Gasteiger partial charge in [0.2, 0.25) is 0 Å². The van der Waals surface area contributed by atoms with Gasteiger partial charge in [0, 0.05) is 15.5 Å². The third-order valence-corrected chi connectivity index (χ3v) is 5.86. The Balaban J connectivity index is 1.90. The second kappa shape index (κ2) is 4.44. The van der Waals surface area contributed by atoms with Gasteiger partial charge in [0.15, 0.2) is 0 Å². The first-order valence-electron chi connectivity index (χ1n) is 7.48. The Kier molecular flexibility index (Phi) is 2.83. The largest absolute Gasteiger partial charge is 0.239 e. The second-order valence-corrected chi connectivity index (χ2v) is 7.76. The molecular formula is C18H19NO2S. The van der Waals surface area contributed by atoms with Crippen molar-refractivity contribution < 1.29 is 9.68 Å². The molecule has 0 unspecified atom stereocenters. The van der Waals surface area contributed by atoms with E-state index in [-0.39, 0.29) is 11.2 Å². The van der Waals surface area contributed by atoms with E-state index in [0.717, 1.165) is 5.69 Å². The van der Waals surface area contributed by atoms with Crippen LogP contribution < -0.4 is 5.23 Å². The van der Waals surface area contributed by atoms with E-state index >= 15 is 0 Å². The minimum atomic E-state index is -0.383. The van der Waals surface area contributed by atoms with Crippen LogP contribution in [0.3, 0.4) is 0 Å². The van der Waals surface area contributed by atoms with Crippen molar-refractivity contribution in [2.75, 3.05) is 5.23 Å². The van der Waals surface area contributed by atoms with Gasteiger partial charge in [0.25, 0.3) is 0 Å². The summed E-state index contributed by atoms with van der Waals surface area (Å²) in [5.74, 6) is 0. The first kappa shape index (κ1) is 14.0. The van der Waals surface area contributed by atoms with Gasteiger partial charge in [-0.25, -0.2) is 9.68 Å². The predicted molar refractivity (Wildman–Crippen MR) is 92.1 cm³/mol. The highest BCUT2D eigenvalue weighted by Crippen LogP contribution is 2.45. The van der Waals surface area contributed by atoms with Crippen molar-refractivity contribution >= 4 is 37.2 Å². The van der Waals surface area contributed by atoms with E-state index in [0.29, 0.717) is 0 Å². The van der Waals surface area contributed by atoms with Crippen LogP contribution in [0, 0.1) is 0 Å². The lowest BCUT2D eigenvalue weighted by Crippen LogP contribution is -2.41. The van der Waals surface area contributed by atoms with Crippen LogP contribution in [0.5, 0.6) is 0 Å². The van der Waals surface area contributed by atoms with Gasteiger partial charge in [-0.2, -0.15) is 0 Å². The van der Waals surface area contributed by atoms with Gasteiger partial charge in [-0.1, -0.05) is 30.3 Å². The minimum absolute atomic E-state index is 0.383. The molecular weight excluding hydrogens is 294 g/mol. The average Bonchev–Trinajstić information content (AvgIpc) is 2.93. The molecule has 4 heteroatoms. The van der Waals surface area contributed by atoms with Crippen molar-refractivity contribution in [2.24, 2.45) is 0 Å². The molecule has 22 heavy (non-hydrogen) atoms. The highest BCUT2D eigenvalue weighted by atomic mass is 32.1. The first-order valence-corrected chi connectivity index (χ1v) is 8.29. The van der Waals surface area contributed by atoms with Crippen LogP contribution in [0.1, 0.15) is 27.7 Å². The lowest BCUT2D eigenvalue weighted by atomic mass is 9.90. The van der Waals surface area contributed by atoms with E-state index in [9.17, 15) is 0 Å². The molecule has 2 heterocycles. The summed E-state index contributed by atoms with van der Waals surface area (Å²) < 4.78 is 2.47. The predicted octanol–water partition coefficient (Wildman–Crippen LogP) is 5.29. The molecule has 3 nitrogen and oxygen atoms in total. The summed E-state index contributed by atoms with van der Waals surface area (Å²) >= 11 is 1.77. The maximum atomic E-state index is 6.07. The molecule has 114 valence electrons. The van der Waals surface area contributed by atoms with Crippen molar-refractivity contribution in [1.29, 1.82) is 0 Å². The van der Waals surface area contributed by atoms with Crippen molar-refractivity contribution in [1.82, 2.24) is 0 Å². The van der Waals surface area contributed by atoms with Crippen molar-refractivity contribution in [3.63, 3.8) is 0 Å². The molecule has 1 aromatic heterocycles. The number of thiophene rings is 1. The van der Waals surface area contributed by atoms with Crippen LogP contribution >= 0.6 is 11.3 Å². The van der Waals surface area contributed by atoms with Crippen molar-refractivity contribution in [2.45, 2.75) is 38.9 Å². The summed E-state index contributed by atoms with van der Waals surface area (Å²) in [6.45, 7) is 8.21. The number of hydrogen-bond donors (Lipinski definition) is 0. The standard InChI is InChI=1S/C18H19NO2S/c1-17(2)18(3,4)21-19(20-17)14-10-7-9-13-12-8-5-6-11-15(12)22-16(13)14/h5-11H,1-4H3. The van der Waals surface area contributed by atoms with E-state index in [4.69, 9.17) is 9.68 Å².